The van der Waals surface area contributed by atoms with Crippen LogP contribution in [0.4, 0.5) is 0 Å². The number of nitriles is 1. The zero-order valence-electron chi connectivity index (χ0n) is 12.0. The topological polar surface area (TPSA) is 65.9 Å². The summed E-state index contributed by atoms with van der Waals surface area (Å²) in [6, 6.07) is 16.6. The van der Waals surface area contributed by atoms with Crippen molar-refractivity contribution in [1.82, 2.24) is 4.98 Å². The summed E-state index contributed by atoms with van der Waals surface area (Å²) in [6.07, 6.45) is 1.02. The van der Waals surface area contributed by atoms with Crippen LogP contribution in [0.15, 0.2) is 54.7 Å². The number of aromatic amines is 1. The van der Waals surface area contributed by atoms with Gasteiger partial charge in [0.1, 0.15) is 11.8 Å². The summed E-state index contributed by atoms with van der Waals surface area (Å²) in [4.78, 5) is 15.7. The Morgan fingerprint density at radius 3 is 2.73 bits per heavy atom. The smallest absolute Gasteiger partial charge is 0.205 e. The zero-order valence-corrected chi connectivity index (χ0v) is 12.0. The highest BCUT2D eigenvalue weighted by Gasteiger charge is 2.21. The third-order valence-corrected chi connectivity index (χ3v) is 3.54. The summed E-state index contributed by atoms with van der Waals surface area (Å²) in [5, 5.41) is 9.95. The molecule has 0 aliphatic carbocycles. The molecule has 22 heavy (non-hydrogen) atoms. The van der Waals surface area contributed by atoms with Crippen molar-refractivity contribution in [2.24, 2.45) is 0 Å². The van der Waals surface area contributed by atoms with Crippen LogP contribution in [0.1, 0.15) is 22.8 Å². The lowest BCUT2D eigenvalue weighted by Crippen LogP contribution is -2.24. The van der Waals surface area contributed by atoms with Crippen LogP contribution in [-0.2, 0) is 0 Å². The van der Waals surface area contributed by atoms with Crippen molar-refractivity contribution in [3.8, 4) is 11.8 Å². The van der Waals surface area contributed by atoms with Crippen molar-refractivity contribution < 1.29 is 9.53 Å². The third kappa shape index (κ3) is 2.45. The Labute approximate surface area is 128 Å². The maximum absolute atomic E-state index is 12.6. The van der Waals surface area contributed by atoms with E-state index in [0.29, 0.717) is 16.9 Å². The highest BCUT2D eigenvalue weighted by Crippen LogP contribution is 2.22. The Bertz CT molecular complexity index is 874. The number of rotatable bonds is 4. The summed E-state index contributed by atoms with van der Waals surface area (Å²) in [6.45, 7) is 1.69. The number of ether oxygens (including phenoxy) is 1. The zero-order chi connectivity index (χ0) is 15.5. The number of carbonyl (C=O) groups is 1. The maximum atomic E-state index is 12.6. The number of Topliss-reactive ketones (excluding diaryl/α,β-unsaturated/α-hetero) is 1. The van der Waals surface area contributed by atoms with Crippen molar-refractivity contribution in [2.45, 2.75) is 13.0 Å². The summed E-state index contributed by atoms with van der Waals surface area (Å²) >= 11 is 0. The van der Waals surface area contributed by atoms with Crippen molar-refractivity contribution in [3.05, 3.63) is 65.9 Å². The average molecular weight is 290 g/mol. The molecule has 0 radical (unpaired) electrons. The number of hydrogen-bond acceptors (Lipinski definition) is 3. The van der Waals surface area contributed by atoms with Gasteiger partial charge in [0.15, 0.2) is 6.10 Å². The van der Waals surface area contributed by atoms with Crippen LogP contribution < -0.4 is 4.74 Å². The van der Waals surface area contributed by atoms with Gasteiger partial charge < -0.3 is 9.72 Å². The van der Waals surface area contributed by atoms with Gasteiger partial charge in [-0.1, -0.05) is 30.3 Å². The monoisotopic (exact) mass is 290 g/mol. The normalized spacial score (nSPS) is 11.8. The number of fused-ring (bicyclic) bond motifs is 1. The number of ketones is 1. The van der Waals surface area contributed by atoms with Gasteiger partial charge in [-0.25, -0.2) is 0 Å². The van der Waals surface area contributed by atoms with Crippen LogP contribution >= 0.6 is 0 Å². The van der Waals surface area contributed by atoms with Gasteiger partial charge in [-0.15, -0.1) is 0 Å². The van der Waals surface area contributed by atoms with Crippen LogP contribution in [0, 0.1) is 11.3 Å². The lowest BCUT2D eigenvalue weighted by molar-refractivity contribution is 0.0819. The van der Waals surface area contributed by atoms with Crippen molar-refractivity contribution in [1.29, 1.82) is 5.26 Å². The van der Waals surface area contributed by atoms with E-state index in [2.05, 4.69) is 11.1 Å². The maximum Gasteiger partial charge on any atom is 0.205 e. The fourth-order valence-corrected chi connectivity index (χ4v) is 2.40. The van der Waals surface area contributed by atoms with E-state index in [0.717, 1.165) is 10.9 Å². The Hall–Kier alpha value is -3.06. The first-order valence-corrected chi connectivity index (χ1v) is 6.97. The second kappa shape index (κ2) is 5.74. The predicted molar refractivity (Wildman–Crippen MR) is 83.9 cm³/mol. The molecule has 0 saturated carbocycles. The van der Waals surface area contributed by atoms with Gasteiger partial charge in [0.2, 0.25) is 5.78 Å². The van der Waals surface area contributed by atoms with Crippen LogP contribution in [0.5, 0.6) is 5.75 Å². The molecule has 2 aromatic carbocycles. The molecule has 3 aromatic rings. The predicted octanol–water partition coefficient (Wildman–Crippen LogP) is 3.69. The Morgan fingerprint density at radius 2 is 1.91 bits per heavy atom. The SMILES string of the molecule is C[C@H](Oc1ccccc1C#N)C(=O)c1c[nH]c2ccccc12. The first kappa shape index (κ1) is 13.9. The molecule has 1 atom stereocenters. The number of carbonyl (C=O) groups excluding carboxylic acids is 1. The highest BCUT2D eigenvalue weighted by atomic mass is 16.5. The van der Waals surface area contributed by atoms with E-state index < -0.39 is 6.10 Å². The first-order valence-electron chi connectivity index (χ1n) is 6.97. The van der Waals surface area contributed by atoms with E-state index in [9.17, 15) is 4.79 Å². The van der Waals surface area contributed by atoms with E-state index in [1.165, 1.54) is 0 Å². The Balaban J connectivity index is 1.88. The number of hydrogen-bond donors (Lipinski definition) is 1. The summed E-state index contributed by atoms with van der Waals surface area (Å²) in [5.41, 5.74) is 1.93. The second-order valence-corrected chi connectivity index (χ2v) is 4.98. The minimum absolute atomic E-state index is 0.120. The number of benzene rings is 2. The molecular weight excluding hydrogens is 276 g/mol. The molecule has 1 N–H and O–H groups in total. The van der Waals surface area contributed by atoms with Crippen molar-refractivity contribution in [3.63, 3.8) is 0 Å². The minimum atomic E-state index is -0.672. The van der Waals surface area contributed by atoms with Gasteiger partial charge >= 0.3 is 0 Å². The average Bonchev–Trinajstić information content (AvgIpc) is 2.98. The molecule has 0 aliphatic rings. The molecule has 0 spiro atoms. The summed E-state index contributed by atoms with van der Waals surface area (Å²) in [5.74, 6) is 0.302. The lowest BCUT2D eigenvalue weighted by atomic mass is 10.1. The third-order valence-electron chi connectivity index (χ3n) is 3.54. The first-order chi connectivity index (χ1) is 10.7. The van der Waals surface area contributed by atoms with E-state index in [1.54, 1.807) is 37.4 Å². The quantitative estimate of drug-likeness (QED) is 0.745. The van der Waals surface area contributed by atoms with E-state index in [-0.39, 0.29) is 5.78 Å². The van der Waals surface area contributed by atoms with E-state index >= 15 is 0 Å². The fraction of sp³-hybridized carbons (Fsp3) is 0.111. The highest BCUT2D eigenvalue weighted by molar-refractivity contribution is 6.09. The second-order valence-electron chi connectivity index (χ2n) is 4.98. The molecule has 4 heteroatoms. The van der Waals surface area contributed by atoms with Gasteiger partial charge in [0.25, 0.3) is 0 Å². The lowest BCUT2D eigenvalue weighted by Gasteiger charge is -2.14. The summed E-state index contributed by atoms with van der Waals surface area (Å²) in [7, 11) is 0. The molecule has 0 saturated heterocycles. The molecule has 3 rings (SSSR count). The number of nitrogens with zero attached hydrogens (tertiary/aromatic N) is 1. The van der Waals surface area contributed by atoms with E-state index in [1.807, 2.05) is 24.3 Å². The molecule has 0 fully saturated rings. The van der Waals surface area contributed by atoms with Crippen molar-refractivity contribution in [2.75, 3.05) is 0 Å². The molecular formula is C18H14N2O2. The van der Waals surface area contributed by atoms with Gasteiger partial charge in [-0.3, -0.25) is 4.79 Å². The van der Waals surface area contributed by atoms with Crippen LogP contribution in [0.25, 0.3) is 10.9 Å². The van der Waals surface area contributed by atoms with Gasteiger partial charge in [-0.2, -0.15) is 5.26 Å². The largest absolute Gasteiger partial charge is 0.481 e. The summed E-state index contributed by atoms with van der Waals surface area (Å²) < 4.78 is 5.68. The number of aromatic nitrogens is 1. The molecule has 0 unspecified atom stereocenters. The molecule has 108 valence electrons. The van der Waals surface area contributed by atoms with Crippen LogP contribution in [0.2, 0.25) is 0 Å². The molecule has 0 aliphatic heterocycles. The van der Waals surface area contributed by atoms with Crippen molar-refractivity contribution >= 4 is 16.7 Å². The molecule has 0 bridgehead atoms. The van der Waals surface area contributed by atoms with Gasteiger partial charge in [-0.05, 0) is 25.1 Å². The van der Waals surface area contributed by atoms with Crippen LogP contribution in [-0.4, -0.2) is 16.9 Å². The Kier molecular flexibility index (Phi) is 3.63. The Morgan fingerprint density at radius 1 is 1.18 bits per heavy atom. The fourth-order valence-electron chi connectivity index (χ4n) is 2.40. The standard InChI is InChI=1S/C18H14N2O2/c1-12(22-17-9-5-2-6-13(17)10-19)18(21)15-11-20-16-8-4-3-7-14(15)16/h2-9,11-12,20H,1H3/t12-/m0/s1. The number of para-hydroxylation sites is 2. The minimum Gasteiger partial charge on any atom is -0.481 e. The molecule has 1 aromatic heterocycles. The van der Waals surface area contributed by atoms with E-state index in [4.69, 9.17) is 10.00 Å². The van der Waals surface area contributed by atoms with Gasteiger partial charge in [0.05, 0.1) is 5.56 Å². The number of nitrogens with one attached hydrogen (secondary N) is 1. The molecule has 4 nitrogen and oxygen atoms in total. The van der Waals surface area contributed by atoms with Crippen LogP contribution in [0.3, 0.4) is 0 Å². The molecule has 1 heterocycles. The number of H-pyrrole nitrogens is 1. The van der Waals surface area contributed by atoms with Gasteiger partial charge in [0, 0.05) is 22.7 Å². The molecule has 0 amide bonds.